The van der Waals surface area contributed by atoms with Crippen LogP contribution in [0.15, 0.2) is 71.5 Å². The number of nitrogens with one attached hydrogen (secondary N) is 2. The molecule has 0 aliphatic carbocycles. The maximum absolute atomic E-state index is 12.3. The molecule has 0 atom stereocenters. The standard InChI is InChI=1S/C19H15N3OS/c23-18-15-11-16(13-7-3-1-4-8-13)24-19(15)22-17(21-18)12-20-14-9-5-2-6-10-14/h1-11,20H,12H2,(H,21,22,23). The van der Waals surface area contributed by atoms with Gasteiger partial charge in [0.25, 0.3) is 5.56 Å². The molecule has 0 aliphatic rings. The Hall–Kier alpha value is -2.92. The summed E-state index contributed by atoms with van der Waals surface area (Å²) in [6.45, 7) is 0.480. The topological polar surface area (TPSA) is 57.8 Å². The van der Waals surface area contributed by atoms with Crippen molar-refractivity contribution in [2.24, 2.45) is 0 Å². The molecule has 0 radical (unpaired) electrons. The summed E-state index contributed by atoms with van der Waals surface area (Å²) in [6, 6.07) is 21.8. The molecule has 2 aromatic heterocycles. The van der Waals surface area contributed by atoms with Gasteiger partial charge in [0, 0.05) is 10.6 Å². The molecule has 0 fully saturated rings. The van der Waals surface area contributed by atoms with Gasteiger partial charge < -0.3 is 10.3 Å². The van der Waals surface area contributed by atoms with Crippen LogP contribution in [0, 0.1) is 0 Å². The van der Waals surface area contributed by atoms with Gasteiger partial charge in [-0.2, -0.15) is 0 Å². The van der Waals surface area contributed by atoms with Crippen LogP contribution in [0.25, 0.3) is 20.7 Å². The van der Waals surface area contributed by atoms with Crippen LogP contribution in [0.4, 0.5) is 5.69 Å². The Morgan fingerprint density at radius 1 is 1.00 bits per heavy atom. The van der Waals surface area contributed by atoms with Crippen LogP contribution in [0.2, 0.25) is 0 Å². The molecule has 118 valence electrons. The first-order valence-electron chi connectivity index (χ1n) is 7.67. The summed E-state index contributed by atoms with van der Waals surface area (Å²) in [5.74, 6) is 0.637. The van der Waals surface area contributed by atoms with E-state index in [1.807, 2.05) is 66.7 Å². The molecule has 0 bridgehead atoms. The molecule has 5 heteroatoms. The Morgan fingerprint density at radius 2 is 1.71 bits per heavy atom. The molecule has 0 saturated heterocycles. The number of rotatable bonds is 4. The van der Waals surface area contributed by atoms with Gasteiger partial charge in [0.05, 0.1) is 11.9 Å². The molecule has 0 aliphatic heterocycles. The maximum Gasteiger partial charge on any atom is 0.259 e. The Morgan fingerprint density at radius 3 is 2.46 bits per heavy atom. The monoisotopic (exact) mass is 333 g/mol. The molecule has 0 saturated carbocycles. The van der Waals surface area contributed by atoms with E-state index in [1.54, 1.807) is 11.3 Å². The van der Waals surface area contributed by atoms with Gasteiger partial charge >= 0.3 is 0 Å². The summed E-state index contributed by atoms with van der Waals surface area (Å²) in [5.41, 5.74) is 2.00. The number of nitrogens with zero attached hydrogens (tertiary/aromatic N) is 1. The van der Waals surface area contributed by atoms with Crippen molar-refractivity contribution in [3.63, 3.8) is 0 Å². The van der Waals surface area contributed by atoms with E-state index < -0.39 is 0 Å². The highest BCUT2D eigenvalue weighted by atomic mass is 32.1. The largest absolute Gasteiger partial charge is 0.378 e. The van der Waals surface area contributed by atoms with Crippen molar-refractivity contribution in [1.29, 1.82) is 0 Å². The molecule has 4 aromatic rings. The Balaban J connectivity index is 1.66. The fraction of sp³-hybridized carbons (Fsp3) is 0.0526. The predicted molar refractivity (Wildman–Crippen MR) is 99.4 cm³/mol. The maximum atomic E-state index is 12.3. The van der Waals surface area contributed by atoms with Crippen LogP contribution in [-0.2, 0) is 6.54 Å². The fourth-order valence-electron chi connectivity index (χ4n) is 2.55. The molecule has 2 aromatic carbocycles. The van der Waals surface area contributed by atoms with Gasteiger partial charge in [0.15, 0.2) is 0 Å². The van der Waals surface area contributed by atoms with E-state index in [0.29, 0.717) is 17.8 Å². The van der Waals surface area contributed by atoms with Crippen LogP contribution in [0.1, 0.15) is 5.82 Å². The Labute approximate surface area is 142 Å². The van der Waals surface area contributed by atoms with E-state index in [0.717, 1.165) is 21.0 Å². The SMILES string of the molecule is O=c1[nH]c(CNc2ccccc2)nc2sc(-c3ccccc3)cc12. The van der Waals surface area contributed by atoms with E-state index >= 15 is 0 Å². The summed E-state index contributed by atoms with van der Waals surface area (Å²) in [6.07, 6.45) is 0. The number of hydrogen-bond acceptors (Lipinski definition) is 4. The molecule has 0 unspecified atom stereocenters. The third kappa shape index (κ3) is 2.94. The minimum Gasteiger partial charge on any atom is -0.378 e. The number of para-hydroxylation sites is 1. The second kappa shape index (κ2) is 6.29. The zero-order chi connectivity index (χ0) is 16.4. The fourth-order valence-corrected chi connectivity index (χ4v) is 3.60. The van der Waals surface area contributed by atoms with Crippen molar-refractivity contribution in [1.82, 2.24) is 9.97 Å². The van der Waals surface area contributed by atoms with Gasteiger partial charge in [-0.3, -0.25) is 4.79 Å². The van der Waals surface area contributed by atoms with Gasteiger partial charge in [0.2, 0.25) is 0 Å². The summed E-state index contributed by atoms with van der Waals surface area (Å²) < 4.78 is 0. The highest BCUT2D eigenvalue weighted by Gasteiger charge is 2.10. The number of hydrogen-bond donors (Lipinski definition) is 2. The van der Waals surface area contributed by atoms with Crippen molar-refractivity contribution in [2.75, 3.05) is 5.32 Å². The number of aromatic nitrogens is 2. The first kappa shape index (κ1) is 14.7. The Bertz CT molecular complexity index is 1020. The highest BCUT2D eigenvalue weighted by molar-refractivity contribution is 7.21. The quantitative estimate of drug-likeness (QED) is 0.586. The molecular formula is C19H15N3OS. The smallest absolute Gasteiger partial charge is 0.259 e. The van der Waals surface area contributed by atoms with Crippen LogP contribution >= 0.6 is 11.3 Å². The highest BCUT2D eigenvalue weighted by Crippen LogP contribution is 2.30. The molecular weight excluding hydrogens is 318 g/mol. The number of H-pyrrole nitrogens is 1. The molecule has 4 rings (SSSR count). The van der Waals surface area contributed by atoms with Crippen molar-refractivity contribution in [3.8, 4) is 10.4 Å². The van der Waals surface area contributed by atoms with Crippen molar-refractivity contribution < 1.29 is 0 Å². The van der Waals surface area contributed by atoms with E-state index in [4.69, 9.17) is 0 Å². The molecule has 4 nitrogen and oxygen atoms in total. The molecule has 24 heavy (non-hydrogen) atoms. The molecule has 2 heterocycles. The number of benzene rings is 2. The predicted octanol–water partition coefficient (Wildman–Crippen LogP) is 4.26. The summed E-state index contributed by atoms with van der Waals surface area (Å²) in [5, 5.41) is 3.90. The van der Waals surface area contributed by atoms with E-state index in [-0.39, 0.29) is 5.56 Å². The Kier molecular flexibility index (Phi) is 3.84. The minimum absolute atomic E-state index is 0.0942. The van der Waals surface area contributed by atoms with Crippen molar-refractivity contribution in [2.45, 2.75) is 6.54 Å². The minimum atomic E-state index is -0.0942. The van der Waals surface area contributed by atoms with Crippen LogP contribution in [-0.4, -0.2) is 9.97 Å². The lowest BCUT2D eigenvalue weighted by Crippen LogP contribution is -2.13. The average molecular weight is 333 g/mol. The van der Waals surface area contributed by atoms with Gasteiger partial charge in [-0.05, 0) is 23.8 Å². The van der Waals surface area contributed by atoms with Gasteiger partial charge in [-0.25, -0.2) is 4.98 Å². The molecule has 0 amide bonds. The van der Waals surface area contributed by atoms with Crippen molar-refractivity contribution in [3.05, 3.63) is 82.9 Å². The van der Waals surface area contributed by atoms with Gasteiger partial charge in [-0.1, -0.05) is 48.5 Å². The van der Waals surface area contributed by atoms with Crippen LogP contribution < -0.4 is 10.9 Å². The lowest BCUT2D eigenvalue weighted by Gasteiger charge is -2.05. The number of anilines is 1. The normalized spacial score (nSPS) is 10.8. The zero-order valence-corrected chi connectivity index (χ0v) is 13.6. The van der Waals surface area contributed by atoms with Gasteiger partial charge in [-0.15, -0.1) is 11.3 Å². The lowest BCUT2D eigenvalue weighted by atomic mass is 10.2. The van der Waals surface area contributed by atoms with E-state index in [9.17, 15) is 4.79 Å². The van der Waals surface area contributed by atoms with Crippen LogP contribution in [0.3, 0.4) is 0 Å². The number of aromatic amines is 1. The number of thiophene rings is 1. The summed E-state index contributed by atoms with van der Waals surface area (Å²) in [4.78, 5) is 21.6. The number of fused-ring (bicyclic) bond motifs is 1. The van der Waals surface area contributed by atoms with Gasteiger partial charge in [0.1, 0.15) is 10.7 Å². The third-order valence-electron chi connectivity index (χ3n) is 3.74. The zero-order valence-electron chi connectivity index (χ0n) is 12.8. The molecule has 0 spiro atoms. The van der Waals surface area contributed by atoms with E-state index in [2.05, 4.69) is 15.3 Å². The second-order valence-corrected chi connectivity index (χ2v) is 6.46. The first-order valence-corrected chi connectivity index (χ1v) is 8.48. The third-order valence-corrected chi connectivity index (χ3v) is 4.82. The summed E-state index contributed by atoms with van der Waals surface area (Å²) in [7, 11) is 0. The van der Waals surface area contributed by atoms with Crippen LogP contribution in [0.5, 0.6) is 0 Å². The lowest BCUT2D eigenvalue weighted by molar-refractivity contribution is 0.957. The average Bonchev–Trinajstić information content (AvgIpc) is 3.06. The van der Waals surface area contributed by atoms with E-state index in [1.165, 1.54) is 0 Å². The van der Waals surface area contributed by atoms with Crippen molar-refractivity contribution >= 4 is 27.2 Å². The second-order valence-electron chi connectivity index (χ2n) is 5.43. The first-order chi connectivity index (χ1) is 11.8. The molecule has 2 N–H and O–H groups in total. The summed E-state index contributed by atoms with van der Waals surface area (Å²) >= 11 is 1.54.